The Morgan fingerprint density at radius 3 is 2.50 bits per heavy atom. The number of rotatable bonds is 5. The van der Waals surface area contributed by atoms with Crippen molar-refractivity contribution >= 4 is 39.9 Å². The lowest BCUT2D eigenvalue weighted by Gasteiger charge is -2.28. The Bertz CT molecular complexity index is 591. The minimum absolute atomic E-state index is 0.0512. The highest BCUT2D eigenvalue weighted by Gasteiger charge is 2.52. The number of hydrogen-bond acceptors (Lipinski definition) is 4. The molecule has 0 amide bonds. The zero-order valence-corrected chi connectivity index (χ0v) is 14.9. The highest BCUT2D eigenvalue weighted by molar-refractivity contribution is 14.1. The van der Waals surface area contributed by atoms with E-state index < -0.39 is 11.4 Å². The molecule has 1 fully saturated rings. The van der Waals surface area contributed by atoms with Crippen LogP contribution in [0.1, 0.15) is 31.7 Å². The summed E-state index contributed by atoms with van der Waals surface area (Å²) in [7, 11) is 1.60. The molecule has 0 heterocycles. The first-order valence-corrected chi connectivity index (χ1v) is 8.50. The van der Waals surface area contributed by atoms with Gasteiger partial charge in [0.15, 0.2) is 11.2 Å². The molecule has 22 heavy (non-hydrogen) atoms. The molecule has 5 heteroatoms. The zero-order valence-electron chi connectivity index (χ0n) is 12.7. The van der Waals surface area contributed by atoms with Gasteiger partial charge >= 0.3 is 5.97 Å². The summed E-state index contributed by atoms with van der Waals surface area (Å²) >= 11 is 2.09. The predicted octanol–water partition coefficient (Wildman–Crippen LogP) is 3.77. The Morgan fingerprint density at radius 1 is 1.36 bits per heavy atom. The number of ether oxygens (including phenoxy) is 2. The zero-order chi connectivity index (χ0) is 16.2. The number of benzene rings is 1. The molecule has 1 atom stereocenters. The highest BCUT2D eigenvalue weighted by atomic mass is 127. The molecular formula is C17H19IO4. The molecule has 2 rings (SSSR count). The maximum Gasteiger partial charge on any atom is 0.324 e. The lowest BCUT2D eigenvalue weighted by molar-refractivity contribution is -0.154. The number of halogens is 1. The van der Waals surface area contributed by atoms with Crippen molar-refractivity contribution in [2.45, 2.75) is 26.2 Å². The van der Waals surface area contributed by atoms with Gasteiger partial charge in [0.1, 0.15) is 5.75 Å². The molecule has 1 aliphatic carbocycles. The third-order valence-corrected chi connectivity index (χ3v) is 4.65. The quantitative estimate of drug-likeness (QED) is 0.418. The fourth-order valence-electron chi connectivity index (χ4n) is 2.91. The third-order valence-electron chi connectivity index (χ3n) is 4.03. The van der Waals surface area contributed by atoms with Crippen molar-refractivity contribution in [2.75, 3.05) is 13.7 Å². The molecule has 4 nitrogen and oxygen atoms in total. The van der Waals surface area contributed by atoms with Gasteiger partial charge in [0, 0.05) is 6.42 Å². The molecule has 0 saturated heterocycles. The number of esters is 1. The van der Waals surface area contributed by atoms with Crippen molar-refractivity contribution in [3.63, 3.8) is 0 Å². The lowest BCUT2D eigenvalue weighted by Crippen LogP contribution is -2.38. The van der Waals surface area contributed by atoms with Crippen LogP contribution in [-0.4, -0.2) is 25.5 Å². The van der Waals surface area contributed by atoms with Gasteiger partial charge in [-0.1, -0.05) is 34.7 Å². The van der Waals surface area contributed by atoms with E-state index in [4.69, 9.17) is 9.47 Å². The summed E-state index contributed by atoms with van der Waals surface area (Å²) in [6.07, 6.45) is 1.64. The van der Waals surface area contributed by atoms with Crippen molar-refractivity contribution in [3.05, 3.63) is 33.9 Å². The van der Waals surface area contributed by atoms with Crippen LogP contribution in [0.25, 0.3) is 5.57 Å². The van der Waals surface area contributed by atoms with Crippen molar-refractivity contribution in [2.24, 2.45) is 5.41 Å². The first-order chi connectivity index (χ1) is 10.6. The standard InChI is InChI=1S/C17H19IO4/c1-3-22-16(20)17(10-4-5-15(17)19)14(11-18)12-6-8-13(21-2)9-7-12/h6-9,11H,3-5,10H2,1-2H3/b14-11+. The topological polar surface area (TPSA) is 52.6 Å². The number of hydrogen-bond donors (Lipinski definition) is 0. The van der Waals surface area contributed by atoms with Crippen LogP contribution in [0.2, 0.25) is 0 Å². The summed E-state index contributed by atoms with van der Waals surface area (Å²) in [4.78, 5) is 25.1. The van der Waals surface area contributed by atoms with Gasteiger partial charge in [0.25, 0.3) is 0 Å². The normalized spacial score (nSPS) is 21.8. The van der Waals surface area contributed by atoms with E-state index in [2.05, 4.69) is 22.6 Å². The average Bonchev–Trinajstić information content (AvgIpc) is 2.92. The van der Waals surface area contributed by atoms with Gasteiger partial charge in [-0.3, -0.25) is 9.59 Å². The molecule has 118 valence electrons. The van der Waals surface area contributed by atoms with Crippen molar-refractivity contribution in [1.29, 1.82) is 0 Å². The van der Waals surface area contributed by atoms with E-state index in [-0.39, 0.29) is 12.4 Å². The van der Waals surface area contributed by atoms with E-state index in [9.17, 15) is 9.59 Å². The number of carbonyl (C=O) groups is 2. The summed E-state index contributed by atoms with van der Waals surface area (Å²) < 4.78 is 12.2. The van der Waals surface area contributed by atoms with Gasteiger partial charge in [-0.25, -0.2) is 0 Å². The second-order valence-electron chi connectivity index (χ2n) is 5.15. The minimum Gasteiger partial charge on any atom is -0.497 e. The molecular weight excluding hydrogens is 395 g/mol. The van der Waals surface area contributed by atoms with Crippen LogP contribution in [0.15, 0.2) is 28.3 Å². The van der Waals surface area contributed by atoms with Crippen LogP contribution >= 0.6 is 22.6 Å². The first kappa shape index (κ1) is 17.0. The predicted molar refractivity (Wildman–Crippen MR) is 92.9 cm³/mol. The maximum absolute atomic E-state index is 12.6. The van der Waals surface area contributed by atoms with Gasteiger partial charge in [-0.2, -0.15) is 0 Å². The molecule has 1 saturated carbocycles. The van der Waals surface area contributed by atoms with Gasteiger partial charge in [0.05, 0.1) is 13.7 Å². The number of Topliss-reactive ketones (excluding diaryl/α,β-unsaturated/α-hetero) is 1. The third kappa shape index (κ3) is 2.91. The van der Waals surface area contributed by atoms with Gasteiger partial charge in [-0.05, 0) is 47.1 Å². The lowest BCUT2D eigenvalue weighted by atomic mass is 9.75. The van der Waals surface area contributed by atoms with E-state index in [1.54, 1.807) is 14.0 Å². The number of carbonyl (C=O) groups excluding carboxylic acids is 2. The number of ketones is 1. The monoisotopic (exact) mass is 414 g/mol. The molecule has 1 aromatic carbocycles. The Hall–Kier alpha value is -1.37. The van der Waals surface area contributed by atoms with Gasteiger partial charge in [0.2, 0.25) is 0 Å². The van der Waals surface area contributed by atoms with Crippen LogP contribution < -0.4 is 4.74 Å². The SMILES string of the molecule is CCOC(=O)C1(/C(=C/I)c2ccc(OC)cc2)CCCC1=O. The highest BCUT2D eigenvalue weighted by Crippen LogP contribution is 2.47. The second kappa shape index (κ2) is 7.26. The molecule has 0 aliphatic heterocycles. The number of methoxy groups -OCH3 is 1. The molecule has 1 aromatic rings. The van der Waals surface area contributed by atoms with E-state index in [0.29, 0.717) is 19.3 Å². The van der Waals surface area contributed by atoms with E-state index in [1.165, 1.54) is 0 Å². The van der Waals surface area contributed by atoms with Crippen molar-refractivity contribution < 1.29 is 19.1 Å². The average molecular weight is 414 g/mol. The molecule has 0 aromatic heterocycles. The van der Waals surface area contributed by atoms with E-state index >= 15 is 0 Å². The molecule has 0 radical (unpaired) electrons. The second-order valence-corrected chi connectivity index (χ2v) is 5.78. The van der Waals surface area contributed by atoms with Gasteiger partial charge < -0.3 is 9.47 Å². The summed E-state index contributed by atoms with van der Waals surface area (Å²) in [5.74, 6) is 0.250. The first-order valence-electron chi connectivity index (χ1n) is 7.26. The molecule has 0 bridgehead atoms. The van der Waals surface area contributed by atoms with Crippen LogP contribution in [-0.2, 0) is 14.3 Å². The maximum atomic E-state index is 12.6. The molecule has 0 spiro atoms. The fraction of sp³-hybridized carbons (Fsp3) is 0.412. The summed E-state index contributed by atoms with van der Waals surface area (Å²) in [5.41, 5.74) is 0.404. The molecule has 0 N–H and O–H groups in total. The Balaban J connectivity index is 2.48. The van der Waals surface area contributed by atoms with Crippen LogP contribution in [0, 0.1) is 5.41 Å². The largest absolute Gasteiger partial charge is 0.497 e. The summed E-state index contributed by atoms with van der Waals surface area (Å²) in [6, 6.07) is 7.40. The Morgan fingerprint density at radius 2 is 2.05 bits per heavy atom. The van der Waals surface area contributed by atoms with Gasteiger partial charge in [-0.15, -0.1) is 0 Å². The van der Waals surface area contributed by atoms with Crippen molar-refractivity contribution in [1.82, 2.24) is 0 Å². The molecule has 1 aliphatic rings. The fourth-order valence-corrected chi connectivity index (χ4v) is 3.80. The van der Waals surface area contributed by atoms with Crippen LogP contribution in [0.5, 0.6) is 5.75 Å². The van der Waals surface area contributed by atoms with Crippen molar-refractivity contribution in [3.8, 4) is 5.75 Å². The Labute approximate surface area is 144 Å². The van der Waals surface area contributed by atoms with Crippen LogP contribution in [0.3, 0.4) is 0 Å². The Kier molecular flexibility index (Phi) is 5.61. The van der Waals surface area contributed by atoms with E-state index in [1.807, 2.05) is 28.3 Å². The smallest absolute Gasteiger partial charge is 0.324 e. The summed E-state index contributed by atoms with van der Waals surface area (Å²) in [5, 5.41) is 0. The minimum atomic E-state index is -1.16. The van der Waals surface area contributed by atoms with E-state index in [0.717, 1.165) is 16.9 Å². The summed E-state index contributed by atoms with van der Waals surface area (Å²) in [6.45, 7) is 2.02. The van der Waals surface area contributed by atoms with Crippen LogP contribution in [0.4, 0.5) is 0 Å². The molecule has 1 unspecified atom stereocenters.